The Morgan fingerprint density at radius 3 is 2.42 bits per heavy atom. The van der Waals surface area contributed by atoms with Crippen molar-refractivity contribution in [2.24, 2.45) is 0 Å². The number of tetrazole rings is 1. The number of para-hydroxylation sites is 1. The van der Waals surface area contributed by atoms with Gasteiger partial charge in [-0.3, -0.25) is 0 Å². The van der Waals surface area contributed by atoms with E-state index in [0.29, 0.717) is 31.2 Å². The van der Waals surface area contributed by atoms with E-state index in [4.69, 9.17) is 14.6 Å². The fourth-order valence-electron chi connectivity index (χ4n) is 3.20. The Kier molecular flexibility index (Phi) is 6.91. The number of hydrogen-bond donors (Lipinski definition) is 2. The number of nitrogens with zero attached hydrogens (tertiary/aromatic N) is 4. The van der Waals surface area contributed by atoms with Crippen molar-refractivity contribution in [3.05, 3.63) is 89.5 Å². The smallest absolute Gasteiger partial charge is 0.346 e. The molecular formula is C24H23N5O4. The van der Waals surface area contributed by atoms with E-state index in [0.717, 1.165) is 16.8 Å². The van der Waals surface area contributed by atoms with Gasteiger partial charge in [0.25, 0.3) is 0 Å². The van der Waals surface area contributed by atoms with Crippen molar-refractivity contribution in [2.45, 2.75) is 20.0 Å². The molecule has 4 rings (SSSR count). The summed E-state index contributed by atoms with van der Waals surface area (Å²) in [7, 11) is 0. The summed E-state index contributed by atoms with van der Waals surface area (Å²) in [6, 6.07) is 22.2. The summed E-state index contributed by atoms with van der Waals surface area (Å²) in [6.45, 7) is 3.59. The highest BCUT2D eigenvalue weighted by molar-refractivity contribution is 5.87. The molecule has 0 amide bonds. The molecule has 168 valence electrons. The van der Waals surface area contributed by atoms with Crippen LogP contribution in [0.5, 0.6) is 17.5 Å². The summed E-state index contributed by atoms with van der Waals surface area (Å²) >= 11 is 0. The van der Waals surface area contributed by atoms with Crippen molar-refractivity contribution in [3.63, 3.8) is 0 Å². The summed E-state index contributed by atoms with van der Waals surface area (Å²) in [6.07, 6.45) is 0. The zero-order valence-corrected chi connectivity index (χ0v) is 18.0. The lowest BCUT2D eigenvalue weighted by Crippen LogP contribution is -2.13. The molecular weight excluding hydrogens is 422 g/mol. The lowest BCUT2D eigenvalue weighted by molar-refractivity contribution is 0.0697. The van der Waals surface area contributed by atoms with Gasteiger partial charge in [0.1, 0.15) is 0 Å². The van der Waals surface area contributed by atoms with Gasteiger partial charge < -0.3 is 19.9 Å². The summed E-state index contributed by atoms with van der Waals surface area (Å²) in [4.78, 5) is 11.0. The molecule has 0 radical (unpaired) electrons. The van der Waals surface area contributed by atoms with E-state index in [2.05, 4.69) is 20.8 Å². The normalized spacial score (nSPS) is 10.7. The molecule has 33 heavy (non-hydrogen) atoms. The maximum atomic E-state index is 11.0. The number of aromatic nitrogens is 4. The van der Waals surface area contributed by atoms with Crippen LogP contribution in [0.3, 0.4) is 0 Å². The number of carboxylic acids is 1. The topological polar surface area (TPSA) is 111 Å². The standard InChI is InChI=1S/C24H23N5O4/c1-2-32-22-14-18(16-25-15-17-8-11-19(12-9-17)23(30)31)10-13-21(22)33-24-26-27-28-29(24)20-6-4-3-5-7-20/h3-14,25H,2,15-16H2,1H3,(H,30,31). The second-order valence-corrected chi connectivity index (χ2v) is 7.13. The predicted molar refractivity (Wildman–Crippen MR) is 121 cm³/mol. The number of ether oxygens (including phenoxy) is 2. The fourth-order valence-corrected chi connectivity index (χ4v) is 3.20. The first-order chi connectivity index (χ1) is 16.1. The molecule has 0 saturated heterocycles. The average molecular weight is 445 g/mol. The van der Waals surface area contributed by atoms with E-state index < -0.39 is 5.97 Å². The molecule has 0 aliphatic carbocycles. The Labute approximate surface area is 190 Å². The van der Waals surface area contributed by atoms with Crippen LogP contribution in [0.1, 0.15) is 28.4 Å². The Hall–Kier alpha value is -4.24. The average Bonchev–Trinajstić information content (AvgIpc) is 3.30. The molecule has 2 N–H and O–H groups in total. The zero-order valence-electron chi connectivity index (χ0n) is 18.0. The van der Waals surface area contributed by atoms with E-state index >= 15 is 0 Å². The van der Waals surface area contributed by atoms with Gasteiger partial charge in [0, 0.05) is 13.1 Å². The number of carbonyl (C=O) groups is 1. The quantitative estimate of drug-likeness (QED) is 0.379. The van der Waals surface area contributed by atoms with Gasteiger partial charge in [0.15, 0.2) is 11.5 Å². The van der Waals surface area contributed by atoms with Crippen LogP contribution in [0.2, 0.25) is 0 Å². The largest absolute Gasteiger partial charge is 0.490 e. The molecule has 9 heteroatoms. The second-order valence-electron chi connectivity index (χ2n) is 7.13. The van der Waals surface area contributed by atoms with Crippen LogP contribution in [0.4, 0.5) is 0 Å². The maximum absolute atomic E-state index is 11.0. The molecule has 9 nitrogen and oxygen atoms in total. The molecule has 0 bridgehead atoms. The third-order valence-corrected chi connectivity index (χ3v) is 4.81. The van der Waals surface area contributed by atoms with E-state index in [9.17, 15) is 4.79 Å². The van der Waals surface area contributed by atoms with E-state index in [1.165, 1.54) is 4.68 Å². The summed E-state index contributed by atoms with van der Waals surface area (Å²) in [5.41, 5.74) is 3.06. The highest BCUT2D eigenvalue weighted by Gasteiger charge is 2.14. The third-order valence-electron chi connectivity index (χ3n) is 4.81. The van der Waals surface area contributed by atoms with Crippen LogP contribution >= 0.6 is 0 Å². The molecule has 1 heterocycles. The Morgan fingerprint density at radius 2 is 1.70 bits per heavy atom. The number of nitrogens with one attached hydrogen (secondary N) is 1. The highest BCUT2D eigenvalue weighted by Crippen LogP contribution is 2.32. The molecule has 0 spiro atoms. The number of hydrogen-bond acceptors (Lipinski definition) is 7. The second kappa shape index (κ2) is 10.4. The first-order valence-electron chi connectivity index (χ1n) is 10.4. The van der Waals surface area contributed by atoms with Crippen LogP contribution in [0.15, 0.2) is 72.8 Å². The predicted octanol–water partition coefficient (Wildman–Crippen LogP) is 3.84. The van der Waals surface area contributed by atoms with Crippen LogP contribution in [0, 0.1) is 0 Å². The minimum Gasteiger partial charge on any atom is -0.490 e. The van der Waals surface area contributed by atoms with Gasteiger partial charge in [0.2, 0.25) is 0 Å². The van der Waals surface area contributed by atoms with Crippen molar-refractivity contribution < 1.29 is 19.4 Å². The van der Waals surface area contributed by atoms with Crippen molar-refractivity contribution in [1.82, 2.24) is 25.5 Å². The van der Waals surface area contributed by atoms with Gasteiger partial charge >= 0.3 is 12.0 Å². The Morgan fingerprint density at radius 1 is 0.970 bits per heavy atom. The minimum absolute atomic E-state index is 0.234. The highest BCUT2D eigenvalue weighted by atomic mass is 16.5. The van der Waals surface area contributed by atoms with E-state index in [1.54, 1.807) is 24.3 Å². The summed E-state index contributed by atoms with van der Waals surface area (Å²) in [5.74, 6) is 0.167. The van der Waals surface area contributed by atoms with Gasteiger partial charge in [-0.25, -0.2) is 4.79 Å². The number of rotatable bonds is 10. The maximum Gasteiger partial charge on any atom is 0.346 e. The SMILES string of the molecule is CCOc1cc(CNCc2ccc(C(=O)O)cc2)ccc1Oc1nnnn1-c1ccccc1. The zero-order chi connectivity index (χ0) is 23.0. The van der Waals surface area contributed by atoms with Crippen LogP contribution in [-0.2, 0) is 13.1 Å². The molecule has 3 aromatic carbocycles. The van der Waals surface area contributed by atoms with Gasteiger partial charge in [-0.05, 0) is 64.9 Å². The van der Waals surface area contributed by atoms with Crippen LogP contribution < -0.4 is 14.8 Å². The number of carboxylic acid groups (broad SMARTS) is 1. The molecule has 1 aromatic heterocycles. The Bertz CT molecular complexity index is 1210. The Balaban J connectivity index is 1.44. The lowest BCUT2D eigenvalue weighted by Gasteiger charge is -2.13. The summed E-state index contributed by atoms with van der Waals surface area (Å²) < 4.78 is 13.3. The lowest BCUT2D eigenvalue weighted by atomic mass is 10.1. The van der Waals surface area contributed by atoms with E-state index in [-0.39, 0.29) is 11.6 Å². The van der Waals surface area contributed by atoms with Crippen molar-refractivity contribution in [3.8, 4) is 23.2 Å². The molecule has 0 unspecified atom stereocenters. The van der Waals surface area contributed by atoms with Crippen molar-refractivity contribution >= 4 is 5.97 Å². The molecule has 0 aliphatic rings. The van der Waals surface area contributed by atoms with Gasteiger partial charge in [-0.2, -0.15) is 4.68 Å². The summed E-state index contributed by atoms with van der Waals surface area (Å²) in [5, 5.41) is 24.1. The molecule has 0 saturated carbocycles. The van der Waals surface area contributed by atoms with E-state index in [1.807, 2.05) is 55.5 Å². The van der Waals surface area contributed by atoms with Crippen LogP contribution in [0.25, 0.3) is 5.69 Å². The van der Waals surface area contributed by atoms with Crippen molar-refractivity contribution in [1.29, 1.82) is 0 Å². The van der Waals surface area contributed by atoms with Crippen molar-refractivity contribution in [2.75, 3.05) is 6.61 Å². The minimum atomic E-state index is -0.932. The van der Waals surface area contributed by atoms with Gasteiger partial charge in [-0.15, -0.1) is 0 Å². The monoisotopic (exact) mass is 445 g/mol. The fraction of sp³-hybridized carbons (Fsp3) is 0.167. The third kappa shape index (κ3) is 5.52. The molecule has 0 atom stereocenters. The first kappa shape index (κ1) is 22.0. The number of aromatic carboxylic acids is 1. The number of benzene rings is 3. The van der Waals surface area contributed by atoms with Gasteiger partial charge in [0.05, 0.1) is 17.9 Å². The molecule has 0 fully saturated rings. The molecule has 0 aliphatic heterocycles. The molecule has 4 aromatic rings. The first-order valence-corrected chi connectivity index (χ1v) is 10.4. The van der Waals surface area contributed by atoms with Crippen LogP contribution in [-0.4, -0.2) is 37.9 Å². The van der Waals surface area contributed by atoms with Gasteiger partial charge in [-0.1, -0.05) is 41.5 Å².